The summed E-state index contributed by atoms with van der Waals surface area (Å²) in [6, 6.07) is 6.17. The lowest BCUT2D eigenvalue weighted by atomic mass is 9.91. The summed E-state index contributed by atoms with van der Waals surface area (Å²) in [6.07, 6.45) is -9.48. The first-order chi connectivity index (χ1) is 18.1. The van der Waals surface area contributed by atoms with E-state index in [0.717, 1.165) is 6.20 Å². The molecule has 4 rings (SSSR count). The van der Waals surface area contributed by atoms with E-state index in [1.165, 1.54) is 39.7 Å². The molecular weight excluding hydrogens is 554 g/mol. The van der Waals surface area contributed by atoms with Gasteiger partial charge in [-0.15, -0.1) is 0 Å². The molecule has 0 unspecified atom stereocenters. The number of anilines is 2. The quantitative estimate of drug-likeness (QED) is 0.444. The topological polar surface area (TPSA) is 126 Å². The minimum absolute atomic E-state index is 0.00213. The molecule has 4 heterocycles. The van der Waals surface area contributed by atoms with Gasteiger partial charge in [-0.05, 0) is 31.2 Å². The number of aromatic nitrogens is 3. The number of nitrogen functional groups attached to an aromatic ring is 1. The number of hydrogen-bond donors (Lipinski definition) is 2. The second kappa shape index (κ2) is 9.91. The SMILES string of the molecule is Cc1ccc(-c2cc(C(O)(C(F)(F)F)C(F)(F)F)cnc2N2CCN(S(=O)(=O)c3ccc(N)nc3)CC2)cn1. The van der Waals surface area contributed by atoms with Gasteiger partial charge < -0.3 is 15.7 Å². The van der Waals surface area contributed by atoms with Crippen molar-refractivity contribution in [2.45, 2.75) is 29.8 Å². The van der Waals surface area contributed by atoms with Crippen molar-refractivity contribution < 1.29 is 39.9 Å². The number of rotatable bonds is 5. The first-order valence-corrected chi connectivity index (χ1v) is 12.8. The number of sulfonamides is 1. The van der Waals surface area contributed by atoms with E-state index in [4.69, 9.17) is 5.73 Å². The molecule has 0 atom stereocenters. The molecule has 39 heavy (non-hydrogen) atoms. The molecule has 16 heteroatoms. The van der Waals surface area contributed by atoms with Gasteiger partial charge in [0, 0.05) is 67.2 Å². The van der Waals surface area contributed by atoms with Crippen LogP contribution in [0.2, 0.25) is 0 Å². The van der Waals surface area contributed by atoms with E-state index in [2.05, 4.69) is 15.0 Å². The minimum atomic E-state index is -6.09. The Hall–Kier alpha value is -3.50. The predicted octanol–water partition coefficient (Wildman–Crippen LogP) is 3.25. The van der Waals surface area contributed by atoms with Gasteiger partial charge in [-0.3, -0.25) is 4.98 Å². The van der Waals surface area contributed by atoms with E-state index in [-0.39, 0.29) is 53.8 Å². The zero-order valence-electron chi connectivity index (χ0n) is 20.2. The summed E-state index contributed by atoms with van der Waals surface area (Å²) < 4.78 is 108. The van der Waals surface area contributed by atoms with Gasteiger partial charge in [0.15, 0.2) is 0 Å². The van der Waals surface area contributed by atoms with Crippen LogP contribution in [-0.2, 0) is 15.6 Å². The van der Waals surface area contributed by atoms with Crippen LogP contribution in [0.1, 0.15) is 11.3 Å². The molecule has 0 aromatic carbocycles. The van der Waals surface area contributed by atoms with Crippen LogP contribution in [0.15, 0.2) is 53.8 Å². The van der Waals surface area contributed by atoms with E-state index < -0.39 is 33.5 Å². The van der Waals surface area contributed by atoms with Crippen molar-refractivity contribution >= 4 is 21.7 Å². The molecule has 0 radical (unpaired) electrons. The molecule has 3 aromatic rings. The molecule has 1 saturated heterocycles. The first kappa shape index (κ1) is 28.5. The zero-order chi connectivity index (χ0) is 28.8. The highest BCUT2D eigenvalue weighted by Gasteiger charge is 2.71. The molecule has 0 bridgehead atoms. The third-order valence-electron chi connectivity index (χ3n) is 6.26. The molecule has 0 spiro atoms. The molecule has 1 aliphatic rings. The summed E-state index contributed by atoms with van der Waals surface area (Å²) in [5, 5.41) is 9.92. The highest BCUT2D eigenvalue weighted by molar-refractivity contribution is 7.89. The number of nitrogens with two attached hydrogens (primary N) is 1. The predicted molar refractivity (Wildman–Crippen MR) is 128 cm³/mol. The van der Waals surface area contributed by atoms with Crippen LogP contribution < -0.4 is 10.6 Å². The lowest BCUT2D eigenvalue weighted by molar-refractivity contribution is -0.376. The molecule has 1 aliphatic heterocycles. The normalized spacial score (nSPS) is 15.9. The fourth-order valence-corrected chi connectivity index (χ4v) is 5.44. The minimum Gasteiger partial charge on any atom is -0.384 e. The standard InChI is InChI=1S/C23H22F6N6O3S/c1-14-2-3-15(11-31-14)18-10-16(21(36,22(24,25)26)23(27,28)29)12-33-20(18)34-6-8-35(9-7-34)39(37,38)17-4-5-19(30)32-13-17/h2-5,10-13,36H,6-9H2,1H3,(H2,30,32). The summed E-state index contributed by atoms with van der Waals surface area (Å²) in [5.74, 6) is 0.136. The third kappa shape index (κ3) is 5.23. The molecule has 0 aliphatic carbocycles. The summed E-state index contributed by atoms with van der Waals surface area (Å²) >= 11 is 0. The van der Waals surface area contributed by atoms with Crippen molar-refractivity contribution in [2.24, 2.45) is 0 Å². The first-order valence-electron chi connectivity index (χ1n) is 11.3. The molecule has 0 amide bonds. The van der Waals surface area contributed by atoms with Crippen molar-refractivity contribution in [2.75, 3.05) is 36.8 Å². The molecule has 9 nitrogen and oxygen atoms in total. The average molecular weight is 577 g/mol. The van der Waals surface area contributed by atoms with Gasteiger partial charge in [0.05, 0.1) is 0 Å². The van der Waals surface area contributed by atoms with Gasteiger partial charge in [0.2, 0.25) is 10.0 Å². The number of halogens is 6. The molecule has 1 fully saturated rings. The van der Waals surface area contributed by atoms with Crippen molar-refractivity contribution in [3.05, 3.63) is 60.2 Å². The van der Waals surface area contributed by atoms with Crippen molar-refractivity contribution in [1.29, 1.82) is 0 Å². The molecule has 3 N–H and O–H groups in total. The second-order valence-electron chi connectivity index (χ2n) is 8.80. The van der Waals surface area contributed by atoms with Crippen LogP contribution in [0, 0.1) is 6.92 Å². The Labute approximate surface area is 219 Å². The summed E-state index contributed by atoms with van der Waals surface area (Å²) in [7, 11) is -3.94. The number of alkyl halides is 6. The van der Waals surface area contributed by atoms with Gasteiger partial charge >= 0.3 is 12.4 Å². The number of aliphatic hydroxyl groups is 1. The van der Waals surface area contributed by atoms with E-state index in [9.17, 15) is 39.9 Å². The van der Waals surface area contributed by atoms with Crippen molar-refractivity contribution in [1.82, 2.24) is 19.3 Å². The maximum absolute atomic E-state index is 13.6. The van der Waals surface area contributed by atoms with Crippen molar-refractivity contribution in [3.63, 3.8) is 0 Å². The van der Waals surface area contributed by atoms with E-state index >= 15 is 0 Å². The van der Waals surface area contributed by atoms with Crippen LogP contribution in [0.3, 0.4) is 0 Å². The highest BCUT2D eigenvalue weighted by atomic mass is 32.2. The van der Waals surface area contributed by atoms with Gasteiger partial charge in [0.1, 0.15) is 16.5 Å². The fraction of sp³-hybridized carbons (Fsp3) is 0.348. The molecular formula is C23H22F6N6O3S. The number of pyridine rings is 3. The Kier molecular flexibility index (Phi) is 7.24. The third-order valence-corrected chi connectivity index (χ3v) is 8.14. The largest absolute Gasteiger partial charge is 0.430 e. The molecule has 0 saturated carbocycles. The smallest absolute Gasteiger partial charge is 0.384 e. The van der Waals surface area contributed by atoms with Gasteiger partial charge in [-0.1, -0.05) is 6.07 Å². The van der Waals surface area contributed by atoms with Gasteiger partial charge in [0.25, 0.3) is 5.60 Å². The number of nitrogens with zero attached hydrogens (tertiary/aromatic N) is 5. The van der Waals surface area contributed by atoms with Crippen LogP contribution >= 0.6 is 0 Å². The van der Waals surface area contributed by atoms with Crippen LogP contribution in [0.5, 0.6) is 0 Å². The Bertz CT molecular complexity index is 1430. The Morgan fingerprint density at radius 3 is 2.03 bits per heavy atom. The number of piperazine rings is 1. The fourth-order valence-electron chi connectivity index (χ4n) is 4.07. The van der Waals surface area contributed by atoms with Crippen LogP contribution in [-0.4, -0.2) is 71.3 Å². The Morgan fingerprint density at radius 2 is 1.51 bits per heavy atom. The molecule has 210 valence electrons. The monoisotopic (exact) mass is 576 g/mol. The van der Waals surface area contributed by atoms with Gasteiger partial charge in [-0.25, -0.2) is 18.4 Å². The van der Waals surface area contributed by atoms with Crippen LogP contribution in [0.4, 0.5) is 38.0 Å². The van der Waals surface area contributed by atoms with Crippen molar-refractivity contribution in [3.8, 4) is 11.1 Å². The van der Waals surface area contributed by atoms with Gasteiger partial charge in [-0.2, -0.15) is 30.6 Å². The zero-order valence-corrected chi connectivity index (χ0v) is 21.0. The van der Waals surface area contributed by atoms with Crippen LogP contribution in [0.25, 0.3) is 11.1 Å². The average Bonchev–Trinajstić information content (AvgIpc) is 2.87. The molecule has 3 aromatic heterocycles. The Balaban J connectivity index is 1.71. The Morgan fingerprint density at radius 1 is 0.872 bits per heavy atom. The maximum Gasteiger partial charge on any atom is 0.430 e. The second-order valence-corrected chi connectivity index (χ2v) is 10.7. The maximum atomic E-state index is 13.6. The van der Waals surface area contributed by atoms with E-state index in [1.807, 2.05) is 0 Å². The number of hydrogen-bond acceptors (Lipinski definition) is 8. The number of aryl methyl sites for hydroxylation is 1. The summed E-state index contributed by atoms with van der Waals surface area (Å²) in [5.41, 5.74) is -0.626. The lowest BCUT2D eigenvalue weighted by Gasteiger charge is -2.36. The summed E-state index contributed by atoms with van der Waals surface area (Å²) in [6.45, 7) is 1.56. The summed E-state index contributed by atoms with van der Waals surface area (Å²) in [4.78, 5) is 13.2. The highest BCUT2D eigenvalue weighted by Crippen LogP contribution is 2.51. The van der Waals surface area contributed by atoms with E-state index in [0.29, 0.717) is 18.0 Å². The van der Waals surface area contributed by atoms with E-state index in [1.54, 1.807) is 6.92 Å². The lowest BCUT2D eigenvalue weighted by Crippen LogP contribution is -2.54.